The number of unbranched alkanes of at least 4 members (excludes halogenated alkanes) is 1. The van der Waals surface area contributed by atoms with Gasteiger partial charge in [-0.1, -0.05) is 73.3 Å². The minimum Gasteiger partial charge on any atom is -0.354 e. The number of amides is 2. The lowest BCUT2D eigenvalue weighted by Gasteiger charge is -2.33. The predicted molar refractivity (Wildman–Crippen MR) is 143 cm³/mol. The molecule has 0 saturated heterocycles. The van der Waals surface area contributed by atoms with Crippen LogP contribution in [-0.2, 0) is 26.2 Å². The zero-order valence-electron chi connectivity index (χ0n) is 19.9. The van der Waals surface area contributed by atoms with Gasteiger partial charge in [0.05, 0.1) is 17.0 Å². The number of sulfonamides is 1. The van der Waals surface area contributed by atoms with E-state index in [1.165, 1.54) is 23.1 Å². The first kappa shape index (κ1) is 29.2. The lowest BCUT2D eigenvalue weighted by atomic mass is 10.1. The minimum atomic E-state index is -3.92. The van der Waals surface area contributed by atoms with Crippen LogP contribution in [0.5, 0.6) is 0 Å². The Morgan fingerprint density at radius 1 is 1.03 bits per heavy atom. The molecule has 0 aliphatic rings. The van der Waals surface area contributed by atoms with Gasteiger partial charge in [0.25, 0.3) is 0 Å². The van der Waals surface area contributed by atoms with Crippen molar-refractivity contribution in [2.45, 2.75) is 45.7 Å². The van der Waals surface area contributed by atoms with Gasteiger partial charge in [0.1, 0.15) is 12.6 Å². The maximum Gasteiger partial charge on any atom is 0.244 e. The summed E-state index contributed by atoms with van der Waals surface area (Å²) in [6, 6.07) is 10.5. The summed E-state index contributed by atoms with van der Waals surface area (Å²) in [4.78, 5) is 28.0. The molecule has 0 aliphatic carbocycles. The van der Waals surface area contributed by atoms with Crippen LogP contribution >= 0.6 is 34.8 Å². The summed E-state index contributed by atoms with van der Waals surface area (Å²) in [5, 5.41) is 3.68. The molecule has 2 aromatic rings. The van der Waals surface area contributed by atoms with Gasteiger partial charge in [0.15, 0.2) is 0 Å². The molecule has 1 atom stereocenters. The van der Waals surface area contributed by atoms with Crippen molar-refractivity contribution < 1.29 is 18.0 Å². The van der Waals surface area contributed by atoms with Crippen molar-refractivity contribution >= 4 is 62.3 Å². The van der Waals surface area contributed by atoms with E-state index in [1.54, 1.807) is 31.2 Å². The van der Waals surface area contributed by atoms with Crippen LogP contribution in [0.15, 0.2) is 42.5 Å². The number of carbonyl (C=O) groups excluding carboxylic acids is 2. The largest absolute Gasteiger partial charge is 0.354 e. The van der Waals surface area contributed by atoms with Crippen molar-refractivity contribution in [1.82, 2.24) is 10.2 Å². The molecule has 0 radical (unpaired) electrons. The summed E-state index contributed by atoms with van der Waals surface area (Å²) >= 11 is 18.7. The highest BCUT2D eigenvalue weighted by molar-refractivity contribution is 7.92. The van der Waals surface area contributed by atoms with Crippen molar-refractivity contribution in [3.63, 3.8) is 0 Å². The van der Waals surface area contributed by atoms with Gasteiger partial charge < -0.3 is 10.2 Å². The Bertz CT molecular complexity index is 1140. The molecule has 7 nitrogen and oxygen atoms in total. The Hall–Kier alpha value is -2.00. The molecule has 0 fully saturated rings. The minimum absolute atomic E-state index is 0.0269. The standard InChI is InChI=1S/C24H30Cl3N3O4S/c1-4-6-13-28-24(32)21(5-2)29(15-17-9-7-8-10-19(17)26)23(31)16-30(35(3,33)34)22-14-18(25)11-12-20(22)27/h7-12,14,21H,4-6,13,15-16H2,1-3H3,(H,28,32). The van der Waals surface area contributed by atoms with E-state index < -0.39 is 28.5 Å². The third-order valence-electron chi connectivity index (χ3n) is 5.37. The average molecular weight is 563 g/mol. The summed E-state index contributed by atoms with van der Waals surface area (Å²) in [7, 11) is -3.92. The van der Waals surface area contributed by atoms with E-state index in [1.807, 2.05) is 6.92 Å². The lowest BCUT2D eigenvalue weighted by molar-refractivity contribution is -0.140. The molecular formula is C24H30Cl3N3O4S. The number of hydrogen-bond donors (Lipinski definition) is 1. The first-order chi connectivity index (χ1) is 16.5. The highest BCUT2D eigenvalue weighted by Gasteiger charge is 2.32. The van der Waals surface area contributed by atoms with Crippen LogP contribution < -0.4 is 9.62 Å². The van der Waals surface area contributed by atoms with Gasteiger partial charge in [0.2, 0.25) is 21.8 Å². The number of nitrogens with zero attached hydrogens (tertiary/aromatic N) is 2. The van der Waals surface area contributed by atoms with E-state index in [0.717, 1.165) is 23.4 Å². The molecule has 1 unspecified atom stereocenters. The smallest absolute Gasteiger partial charge is 0.244 e. The molecule has 192 valence electrons. The maximum atomic E-state index is 13.6. The molecule has 0 aromatic heterocycles. The van der Waals surface area contributed by atoms with Crippen molar-refractivity contribution in [1.29, 1.82) is 0 Å². The first-order valence-corrected chi connectivity index (χ1v) is 14.2. The zero-order chi connectivity index (χ0) is 26.2. The molecule has 0 saturated carbocycles. The fraction of sp³-hybridized carbons (Fsp3) is 0.417. The molecule has 2 rings (SSSR count). The summed E-state index contributed by atoms with van der Waals surface area (Å²) in [6.07, 6.45) is 3.01. The molecule has 2 aromatic carbocycles. The molecule has 0 heterocycles. The van der Waals surface area contributed by atoms with Gasteiger partial charge in [-0.05, 0) is 42.7 Å². The molecule has 11 heteroatoms. The van der Waals surface area contributed by atoms with Crippen LogP contribution in [0.1, 0.15) is 38.7 Å². The second-order valence-electron chi connectivity index (χ2n) is 8.05. The fourth-order valence-corrected chi connectivity index (χ4v) is 4.99. The molecule has 35 heavy (non-hydrogen) atoms. The fourth-order valence-electron chi connectivity index (χ4n) is 3.51. The van der Waals surface area contributed by atoms with Crippen LogP contribution in [0.2, 0.25) is 15.1 Å². The van der Waals surface area contributed by atoms with Crippen LogP contribution in [0, 0.1) is 0 Å². The highest BCUT2D eigenvalue weighted by Crippen LogP contribution is 2.31. The van der Waals surface area contributed by atoms with Crippen LogP contribution in [-0.4, -0.2) is 50.5 Å². The summed E-state index contributed by atoms with van der Waals surface area (Å²) in [5.74, 6) is -0.892. The van der Waals surface area contributed by atoms with E-state index in [-0.39, 0.29) is 28.2 Å². The number of benzene rings is 2. The molecular weight excluding hydrogens is 533 g/mol. The average Bonchev–Trinajstić information content (AvgIpc) is 2.79. The van der Waals surface area contributed by atoms with Gasteiger partial charge >= 0.3 is 0 Å². The van der Waals surface area contributed by atoms with Crippen LogP contribution in [0.25, 0.3) is 0 Å². The molecule has 0 bridgehead atoms. The summed E-state index contributed by atoms with van der Waals surface area (Å²) < 4.78 is 26.2. The second kappa shape index (κ2) is 13.3. The molecule has 2 amide bonds. The van der Waals surface area contributed by atoms with Crippen molar-refractivity contribution in [2.75, 3.05) is 23.7 Å². The number of hydrogen-bond acceptors (Lipinski definition) is 4. The van der Waals surface area contributed by atoms with Gasteiger partial charge in [-0.15, -0.1) is 0 Å². The maximum absolute atomic E-state index is 13.6. The first-order valence-electron chi connectivity index (χ1n) is 11.2. The number of nitrogens with one attached hydrogen (secondary N) is 1. The van der Waals surface area contributed by atoms with Gasteiger partial charge in [-0.3, -0.25) is 13.9 Å². The van der Waals surface area contributed by atoms with Crippen molar-refractivity contribution in [3.8, 4) is 0 Å². The summed E-state index contributed by atoms with van der Waals surface area (Å²) in [6.45, 7) is 3.74. The number of rotatable bonds is 12. The van der Waals surface area contributed by atoms with Crippen molar-refractivity contribution in [3.05, 3.63) is 63.1 Å². The third kappa shape index (κ3) is 8.27. The van der Waals surface area contributed by atoms with E-state index >= 15 is 0 Å². The Morgan fingerprint density at radius 3 is 2.31 bits per heavy atom. The number of carbonyl (C=O) groups is 2. The quantitative estimate of drug-likeness (QED) is 0.363. The molecule has 0 aliphatic heterocycles. The van der Waals surface area contributed by atoms with Crippen LogP contribution in [0.3, 0.4) is 0 Å². The topological polar surface area (TPSA) is 86.8 Å². The van der Waals surface area contributed by atoms with Gasteiger partial charge in [-0.2, -0.15) is 0 Å². The Morgan fingerprint density at radius 2 is 1.71 bits per heavy atom. The summed E-state index contributed by atoms with van der Waals surface area (Å²) in [5.41, 5.74) is 0.710. The SMILES string of the molecule is CCCCNC(=O)C(CC)N(Cc1ccccc1Cl)C(=O)CN(c1cc(Cl)ccc1Cl)S(C)(=O)=O. The Kier molecular flexibility index (Phi) is 11.1. The van der Waals surface area contributed by atoms with Gasteiger partial charge in [0, 0.05) is 23.1 Å². The zero-order valence-corrected chi connectivity index (χ0v) is 23.0. The molecule has 1 N–H and O–H groups in total. The van der Waals surface area contributed by atoms with Crippen molar-refractivity contribution in [2.24, 2.45) is 0 Å². The van der Waals surface area contributed by atoms with E-state index in [2.05, 4.69) is 5.32 Å². The number of halogens is 3. The normalized spacial score (nSPS) is 12.2. The van der Waals surface area contributed by atoms with Gasteiger partial charge in [-0.25, -0.2) is 8.42 Å². The number of anilines is 1. The third-order valence-corrected chi connectivity index (χ3v) is 7.42. The predicted octanol–water partition coefficient (Wildman–Crippen LogP) is 5.14. The Balaban J connectivity index is 2.46. The highest BCUT2D eigenvalue weighted by atomic mass is 35.5. The Labute approximate surface area is 222 Å². The monoisotopic (exact) mass is 561 g/mol. The lowest BCUT2D eigenvalue weighted by Crippen LogP contribution is -2.52. The van der Waals surface area contributed by atoms with E-state index in [0.29, 0.717) is 23.6 Å². The van der Waals surface area contributed by atoms with E-state index in [4.69, 9.17) is 34.8 Å². The second-order valence-corrected chi connectivity index (χ2v) is 11.2. The molecule has 0 spiro atoms. The van der Waals surface area contributed by atoms with E-state index in [9.17, 15) is 18.0 Å². The van der Waals surface area contributed by atoms with Crippen LogP contribution in [0.4, 0.5) is 5.69 Å².